The van der Waals surface area contributed by atoms with Crippen LogP contribution in [0.2, 0.25) is 5.02 Å². The smallest absolute Gasteiger partial charge is 0.242 e. The van der Waals surface area contributed by atoms with Gasteiger partial charge in [-0.25, -0.2) is 13.1 Å². The lowest BCUT2D eigenvalue weighted by molar-refractivity contribution is -0.121. The molecule has 1 atom stereocenters. The fourth-order valence-electron chi connectivity index (χ4n) is 1.92. The van der Waals surface area contributed by atoms with Crippen LogP contribution in [0, 0.1) is 0 Å². The summed E-state index contributed by atoms with van der Waals surface area (Å²) in [7, 11) is -3.78. The van der Waals surface area contributed by atoms with E-state index in [1.165, 1.54) is 18.4 Å². The molecule has 130 valence electrons. The molecule has 7 nitrogen and oxygen atoms in total. The molecule has 24 heavy (non-hydrogen) atoms. The van der Waals surface area contributed by atoms with Gasteiger partial charge in [-0.1, -0.05) is 23.7 Å². The first kappa shape index (κ1) is 18.5. The molecule has 0 bridgehead atoms. The molecule has 1 amide bonds. The number of halogens is 1. The molecule has 1 unspecified atom stereocenters. The minimum atomic E-state index is -3.78. The van der Waals surface area contributed by atoms with Crippen LogP contribution < -0.4 is 10.0 Å². The minimum absolute atomic E-state index is 0.0242. The van der Waals surface area contributed by atoms with Crippen molar-refractivity contribution in [2.24, 2.45) is 0 Å². The molecule has 1 aromatic heterocycles. The SMILES string of the molecule is O=C(CCNS(=O)(=O)c1ccccc1Cl)NCC(O)c1ccco1. The van der Waals surface area contributed by atoms with Gasteiger partial charge >= 0.3 is 0 Å². The number of furan rings is 1. The standard InChI is InChI=1S/C15H17ClN2O5S/c16-11-4-1-2-6-14(11)24(21,22)18-8-7-15(20)17-10-12(19)13-5-3-9-23-13/h1-6,9,12,18-19H,7-8,10H2,(H,17,20). The summed E-state index contributed by atoms with van der Waals surface area (Å²) in [4.78, 5) is 11.7. The Balaban J connectivity index is 1.77. The Labute approximate surface area is 144 Å². The fourth-order valence-corrected chi connectivity index (χ4v) is 3.47. The van der Waals surface area contributed by atoms with Crippen LogP contribution >= 0.6 is 11.6 Å². The molecule has 0 aliphatic carbocycles. The van der Waals surface area contributed by atoms with Gasteiger partial charge < -0.3 is 14.8 Å². The van der Waals surface area contributed by atoms with E-state index in [9.17, 15) is 18.3 Å². The maximum Gasteiger partial charge on any atom is 0.242 e. The largest absolute Gasteiger partial charge is 0.467 e. The molecule has 2 aromatic rings. The number of hydrogen-bond donors (Lipinski definition) is 3. The average molecular weight is 373 g/mol. The van der Waals surface area contributed by atoms with Crippen LogP contribution in [-0.2, 0) is 14.8 Å². The van der Waals surface area contributed by atoms with E-state index < -0.39 is 22.0 Å². The molecule has 0 aliphatic rings. The Bertz CT molecular complexity index is 777. The molecule has 0 saturated carbocycles. The zero-order chi connectivity index (χ0) is 17.6. The summed E-state index contributed by atoms with van der Waals surface area (Å²) in [5.74, 6) is -0.0582. The highest BCUT2D eigenvalue weighted by Gasteiger charge is 2.17. The maximum atomic E-state index is 12.1. The third-order valence-electron chi connectivity index (χ3n) is 3.13. The van der Waals surface area contributed by atoms with Crippen molar-refractivity contribution in [3.05, 3.63) is 53.4 Å². The Morgan fingerprint density at radius 3 is 2.67 bits per heavy atom. The van der Waals surface area contributed by atoms with E-state index in [1.807, 2.05) is 0 Å². The van der Waals surface area contributed by atoms with Crippen LogP contribution in [0.3, 0.4) is 0 Å². The van der Waals surface area contributed by atoms with Crippen LogP contribution in [0.5, 0.6) is 0 Å². The van der Waals surface area contributed by atoms with Crippen molar-refractivity contribution in [1.29, 1.82) is 0 Å². The maximum absolute atomic E-state index is 12.1. The molecule has 2 rings (SSSR count). The normalized spacial score (nSPS) is 12.8. The second-order valence-corrected chi connectivity index (χ2v) is 7.06. The van der Waals surface area contributed by atoms with E-state index in [2.05, 4.69) is 10.0 Å². The van der Waals surface area contributed by atoms with Crippen molar-refractivity contribution in [3.8, 4) is 0 Å². The van der Waals surface area contributed by atoms with Crippen molar-refractivity contribution in [2.45, 2.75) is 17.4 Å². The Morgan fingerprint density at radius 2 is 2.00 bits per heavy atom. The Kier molecular flexibility index (Phi) is 6.38. The number of nitrogens with one attached hydrogen (secondary N) is 2. The summed E-state index contributed by atoms with van der Waals surface area (Å²) < 4.78 is 31.5. The first-order valence-electron chi connectivity index (χ1n) is 7.12. The second kappa shape index (κ2) is 8.29. The lowest BCUT2D eigenvalue weighted by Gasteiger charge is -2.10. The molecule has 0 radical (unpaired) electrons. The van der Waals surface area contributed by atoms with Crippen molar-refractivity contribution < 1.29 is 22.7 Å². The molecule has 9 heteroatoms. The highest BCUT2D eigenvalue weighted by molar-refractivity contribution is 7.89. The van der Waals surface area contributed by atoms with Gasteiger partial charge in [0.2, 0.25) is 15.9 Å². The second-order valence-electron chi connectivity index (χ2n) is 4.91. The lowest BCUT2D eigenvalue weighted by Crippen LogP contribution is -2.32. The minimum Gasteiger partial charge on any atom is -0.467 e. The molecule has 1 heterocycles. The zero-order valence-electron chi connectivity index (χ0n) is 12.6. The number of rotatable bonds is 8. The summed E-state index contributed by atoms with van der Waals surface area (Å²) in [6.45, 7) is -0.111. The third-order valence-corrected chi connectivity index (χ3v) is 5.10. The van der Waals surface area contributed by atoms with E-state index in [0.717, 1.165) is 0 Å². The first-order chi connectivity index (χ1) is 11.4. The first-order valence-corrected chi connectivity index (χ1v) is 8.98. The average Bonchev–Trinajstić information content (AvgIpc) is 3.07. The van der Waals surface area contributed by atoms with Crippen LogP contribution in [0.1, 0.15) is 18.3 Å². The van der Waals surface area contributed by atoms with Crippen LogP contribution in [0.25, 0.3) is 0 Å². The number of sulfonamides is 1. The van der Waals surface area contributed by atoms with Crippen LogP contribution in [0.4, 0.5) is 0 Å². The van der Waals surface area contributed by atoms with Gasteiger partial charge in [-0.2, -0.15) is 0 Å². The van der Waals surface area contributed by atoms with E-state index >= 15 is 0 Å². The highest BCUT2D eigenvalue weighted by Crippen LogP contribution is 2.19. The monoisotopic (exact) mass is 372 g/mol. The predicted octanol–water partition coefficient (Wildman–Crippen LogP) is 1.45. The molecular formula is C15H17ClN2O5S. The van der Waals surface area contributed by atoms with Gasteiger partial charge in [-0.3, -0.25) is 4.79 Å². The molecule has 0 fully saturated rings. The number of carbonyl (C=O) groups excluding carboxylic acids is 1. The summed E-state index contributed by atoms with van der Waals surface area (Å²) >= 11 is 5.85. The van der Waals surface area contributed by atoms with Gasteiger partial charge in [0.1, 0.15) is 16.8 Å². The van der Waals surface area contributed by atoms with Crippen molar-refractivity contribution in [2.75, 3.05) is 13.1 Å². The summed E-state index contributed by atoms with van der Waals surface area (Å²) in [5, 5.41) is 12.4. The van der Waals surface area contributed by atoms with Gasteiger partial charge in [0.25, 0.3) is 0 Å². The van der Waals surface area contributed by atoms with E-state index in [-0.39, 0.29) is 29.4 Å². The molecular weight excluding hydrogens is 356 g/mol. The highest BCUT2D eigenvalue weighted by atomic mass is 35.5. The predicted molar refractivity (Wildman–Crippen MR) is 87.9 cm³/mol. The molecule has 0 aliphatic heterocycles. The quantitative estimate of drug-likeness (QED) is 0.650. The summed E-state index contributed by atoms with van der Waals surface area (Å²) in [6.07, 6.45) is 0.391. The number of amides is 1. The van der Waals surface area contributed by atoms with E-state index in [0.29, 0.717) is 5.76 Å². The number of carbonyl (C=O) groups is 1. The van der Waals surface area contributed by atoms with Gasteiger partial charge in [-0.05, 0) is 24.3 Å². The van der Waals surface area contributed by atoms with Gasteiger partial charge in [0.05, 0.1) is 17.8 Å². The molecule has 1 aromatic carbocycles. The van der Waals surface area contributed by atoms with Gasteiger partial charge in [0.15, 0.2) is 0 Å². The Hall–Kier alpha value is -1.87. The van der Waals surface area contributed by atoms with E-state index in [1.54, 1.807) is 24.3 Å². The lowest BCUT2D eigenvalue weighted by atomic mass is 10.2. The summed E-state index contributed by atoms with van der Waals surface area (Å²) in [6, 6.07) is 9.25. The van der Waals surface area contributed by atoms with Crippen molar-refractivity contribution in [1.82, 2.24) is 10.0 Å². The number of benzene rings is 1. The number of hydrogen-bond acceptors (Lipinski definition) is 5. The fraction of sp³-hybridized carbons (Fsp3) is 0.267. The summed E-state index contributed by atoms with van der Waals surface area (Å²) in [5.41, 5.74) is 0. The van der Waals surface area contributed by atoms with Crippen molar-refractivity contribution in [3.63, 3.8) is 0 Å². The van der Waals surface area contributed by atoms with Gasteiger partial charge in [-0.15, -0.1) is 0 Å². The molecule has 3 N–H and O–H groups in total. The number of aliphatic hydroxyl groups excluding tert-OH is 1. The van der Waals surface area contributed by atoms with E-state index in [4.69, 9.17) is 16.0 Å². The molecule has 0 spiro atoms. The number of aliphatic hydroxyl groups is 1. The third kappa shape index (κ3) is 5.07. The van der Waals surface area contributed by atoms with Crippen LogP contribution in [0.15, 0.2) is 52.0 Å². The van der Waals surface area contributed by atoms with Gasteiger partial charge in [0, 0.05) is 13.0 Å². The molecule has 0 saturated heterocycles. The topological polar surface area (TPSA) is 109 Å². The van der Waals surface area contributed by atoms with Crippen LogP contribution in [-0.4, -0.2) is 32.5 Å². The Morgan fingerprint density at radius 1 is 1.25 bits per heavy atom. The zero-order valence-corrected chi connectivity index (χ0v) is 14.2. The van der Waals surface area contributed by atoms with Crippen molar-refractivity contribution >= 4 is 27.5 Å².